The third kappa shape index (κ3) is 3.24. The van der Waals surface area contributed by atoms with E-state index < -0.39 is 15.7 Å². The third-order valence-electron chi connectivity index (χ3n) is 3.53. The van der Waals surface area contributed by atoms with Crippen molar-refractivity contribution < 1.29 is 12.8 Å². The number of aryl methyl sites for hydroxylation is 1. The largest absolute Gasteiger partial charge is 0.370 e. The Labute approximate surface area is 148 Å². The summed E-state index contributed by atoms with van der Waals surface area (Å²) in [6, 6.07) is 6.49. The molecular weight excluding hydrogens is 371 g/mol. The molecule has 2 heterocycles. The molecule has 0 saturated carbocycles. The molecule has 0 saturated heterocycles. The molecule has 0 bridgehead atoms. The second kappa shape index (κ2) is 6.66. The van der Waals surface area contributed by atoms with E-state index in [0.717, 1.165) is 28.1 Å². The highest BCUT2D eigenvalue weighted by Crippen LogP contribution is 2.38. The topological polar surface area (TPSA) is 59.1 Å². The lowest BCUT2D eigenvalue weighted by atomic mass is 10.3. The zero-order valence-corrected chi connectivity index (χ0v) is 15.1. The molecule has 0 aliphatic heterocycles. The highest BCUT2D eigenvalue weighted by molar-refractivity contribution is 7.91. The van der Waals surface area contributed by atoms with E-state index in [1.807, 2.05) is 6.92 Å². The van der Waals surface area contributed by atoms with Crippen LogP contribution in [0.25, 0.3) is 10.2 Å². The molecule has 126 valence electrons. The summed E-state index contributed by atoms with van der Waals surface area (Å²) in [5.41, 5.74) is 1.33. The molecule has 1 N–H and O–H groups in total. The molecule has 2 aromatic heterocycles. The first-order chi connectivity index (χ1) is 11.4. The van der Waals surface area contributed by atoms with Crippen LogP contribution in [0.1, 0.15) is 11.8 Å². The van der Waals surface area contributed by atoms with Gasteiger partial charge in [-0.2, -0.15) is 0 Å². The molecule has 4 nitrogen and oxygen atoms in total. The molecule has 1 aromatic carbocycles. The molecule has 0 aliphatic carbocycles. The number of sulfone groups is 1. The van der Waals surface area contributed by atoms with Gasteiger partial charge in [-0.3, -0.25) is 4.98 Å². The van der Waals surface area contributed by atoms with Gasteiger partial charge in [0.05, 0.1) is 20.3 Å². The number of halogens is 2. The number of nitrogens with one attached hydrogen (secondary N) is 1. The van der Waals surface area contributed by atoms with E-state index in [1.165, 1.54) is 23.5 Å². The van der Waals surface area contributed by atoms with Crippen LogP contribution in [0.3, 0.4) is 0 Å². The van der Waals surface area contributed by atoms with Gasteiger partial charge in [0.15, 0.2) is 9.84 Å². The minimum atomic E-state index is -3.58. The van der Waals surface area contributed by atoms with Gasteiger partial charge < -0.3 is 5.32 Å². The van der Waals surface area contributed by atoms with Gasteiger partial charge in [0.25, 0.3) is 0 Å². The Hall–Kier alpha value is -1.70. The van der Waals surface area contributed by atoms with Gasteiger partial charge in [-0.1, -0.05) is 18.5 Å². The van der Waals surface area contributed by atoms with Crippen LogP contribution in [-0.2, 0) is 16.3 Å². The van der Waals surface area contributed by atoms with Gasteiger partial charge in [0.2, 0.25) is 0 Å². The Kier molecular flexibility index (Phi) is 4.76. The van der Waals surface area contributed by atoms with Gasteiger partial charge in [-0.25, -0.2) is 12.8 Å². The highest BCUT2D eigenvalue weighted by Gasteiger charge is 2.17. The first kappa shape index (κ1) is 17.1. The van der Waals surface area contributed by atoms with E-state index in [2.05, 4.69) is 10.3 Å². The third-order valence-corrected chi connectivity index (χ3v) is 6.92. The summed E-state index contributed by atoms with van der Waals surface area (Å²) in [6.07, 6.45) is 2.38. The summed E-state index contributed by atoms with van der Waals surface area (Å²) in [5, 5.41) is 3.55. The molecular formula is C16H14ClFN2O2S2. The molecule has 3 aromatic rings. The number of nitrogens with zero attached hydrogens (tertiary/aromatic N) is 1. The number of thiophene rings is 1. The van der Waals surface area contributed by atoms with E-state index in [4.69, 9.17) is 11.6 Å². The van der Waals surface area contributed by atoms with Gasteiger partial charge >= 0.3 is 0 Å². The zero-order valence-electron chi connectivity index (χ0n) is 12.7. The molecule has 0 radical (unpaired) electrons. The summed E-state index contributed by atoms with van der Waals surface area (Å²) in [7, 11) is -3.58. The van der Waals surface area contributed by atoms with E-state index in [0.29, 0.717) is 16.2 Å². The van der Waals surface area contributed by atoms with E-state index in [9.17, 15) is 12.8 Å². The Morgan fingerprint density at radius 2 is 1.96 bits per heavy atom. The fourth-order valence-electron chi connectivity index (χ4n) is 2.27. The van der Waals surface area contributed by atoms with Crippen LogP contribution < -0.4 is 5.32 Å². The first-order valence-electron chi connectivity index (χ1n) is 7.20. The second-order valence-electron chi connectivity index (χ2n) is 5.12. The van der Waals surface area contributed by atoms with Crippen LogP contribution in [0.2, 0.25) is 5.02 Å². The maximum atomic E-state index is 12.9. The van der Waals surface area contributed by atoms with Crippen LogP contribution in [0, 0.1) is 5.82 Å². The van der Waals surface area contributed by atoms with Crippen molar-refractivity contribution in [2.75, 3.05) is 11.2 Å². The molecule has 0 amide bonds. The Morgan fingerprint density at radius 3 is 2.62 bits per heavy atom. The molecule has 8 heteroatoms. The normalized spacial score (nSPS) is 11.8. The van der Waals surface area contributed by atoms with Crippen molar-refractivity contribution in [1.82, 2.24) is 4.98 Å². The number of benzene rings is 1. The predicted octanol–water partition coefficient (Wildman–Crippen LogP) is 4.49. The maximum Gasteiger partial charge on any atom is 0.196 e. The molecule has 24 heavy (non-hydrogen) atoms. The van der Waals surface area contributed by atoms with Crippen molar-refractivity contribution in [2.24, 2.45) is 0 Å². The van der Waals surface area contributed by atoms with Crippen molar-refractivity contribution in [2.45, 2.75) is 18.2 Å². The maximum absolute atomic E-state index is 12.9. The Balaban J connectivity index is 1.89. The van der Waals surface area contributed by atoms with Crippen LogP contribution in [-0.4, -0.2) is 19.3 Å². The minimum Gasteiger partial charge on any atom is -0.370 e. The molecule has 0 aliphatic rings. The summed E-state index contributed by atoms with van der Waals surface area (Å²) >= 11 is 7.79. The van der Waals surface area contributed by atoms with Gasteiger partial charge in [-0.05, 0) is 36.8 Å². The highest BCUT2D eigenvalue weighted by atomic mass is 35.5. The lowest BCUT2D eigenvalue weighted by Gasteiger charge is -2.08. The number of rotatable bonds is 5. The van der Waals surface area contributed by atoms with Crippen LogP contribution >= 0.6 is 22.9 Å². The van der Waals surface area contributed by atoms with Crippen LogP contribution in [0.15, 0.2) is 41.4 Å². The molecule has 3 rings (SSSR count). The number of anilines is 1. The number of pyridine rings is 1. The minimum absolute atomic E-state index is 0.0696. The first-order valence-corrected chi connectivity index (χ1v) is 10.0. The molecule has 0 fully saturated rings. The Bertz CT molecular complexity index is 985. The van der Waals surface area contributed by atoms with Crippen molar-refractivity contribution >= 4 is 48.7 Å². The standard InChI is InChI=1S/C16H14ClFN2O2S2/c1-2-13-14(17)15-16(23-13)12(7-8-19-15)20-9-24(21,22)11-5-3-10(18)4-6-11/h3-8H,2,9H2,1H3,(H,19,20). The van der Waals surface area contributed by atoms with E-state index >= 15 is 0 Å². The van der Waals surface area contributed by atoms with Crippen LogP contribution in [0.5, 0.6) is 0 Å². The average molecular weight is 385 g/mol. The number of hydrogen-bond donors (Lipinski definition) is 1. The number of hydrogen-bond acceptors (Lipinski definition) is 5. The van der Waals surface area contributed by atoms with E-state index in [-0.39, 0.29) is 10.8 Å². The second-order valence-corrected chi connectivity index (χ2v) is 8.59. The summed E-state index contributed by atoms with van der Waals surface area (Å²) < 4.78 is 38.5. The van der Waals surface area contributed by atoms with Crippen molar-refractivity contribution in [3.8, 4) is 0 Å². The number of aromatic nitrogens is 1. The summed E-state index contributed by atoms with van der Waals surface area (Å²) in [6.45, 7) is 2.00. The quantitative estimate of drug-likeness (QED) is 0.658. The predicted molar refractivity (Wildman–Crippen MR) is 96.1 cm³/mol. The molecule has 0 unspecified atom stereocenters. The fourth-order valence-corrected chi connectivity index (χ4v) is 4.86. The van der Waals surface area contributed by atoms with Crippen molar-refractivity contribution in [1.29, 1.82) is 0 Å². The number of fused-ring (bicyclic) bond motifs is 1. The van der Waals surface area contributed by atoms with Gasteiger partial charge in [0.1, 0.15) is 17.2 Å². The lowest BCUT2D eigenvalue weighted by Crippen LogP contribution is -2.14. The van der Waals surface area contributed by atoms with E-state index in [1.54, 1.807) is 12.3 Å². The van der Waals surface area contributed by atoms with Crippen LogP contribution in [0.4, 0.5) is 10.1 Å². The fraction of sp³-hybridized carbons (Fsp3) is 0.188. The smallest absolute Gasteiger partial charge is 0.196 e. The molecule has 0 atom stereocenters. The lowest BCUT2D eigenvalue weighted by molar-refractivity contribution is 0.596. The molecule has 0 spiro atoms. The van der Waals surface area contributed by atoms with Gasteiger partial charge in [-0.15, -0.1) is 11.3 Å². The van der Waals surface area contributed by atoms with Crippen molar-refractivity contribution in [3.05, 3.63) is 52.2 Å². The SMILES string of the molecule is CCc1sc2c(NCS(=O)(=O)c3ccc(F)cc3)ccnc2c1Cl. The monoisotopic (exact) mass is 384 g/mol. The van der Waals surface area contributed by atoms with Crippen molar-refractivity contribution in [3.63, 3.8) is 0 Å². The van der Waals surface area contributed by atoms with Gasteiger partial charge in [0, 0.05) is 11.1 Å². The summed E-state index contributed by atoms with van der Waals surface area (Å²) in [5.74, 6) is -0.771. The Morgan fingerprint density at radius 1 is 1.25 bits per heavy atom. The zero-order chi connectivity index (χ0) is 17.3. The summed E-state index contributed by atoms with van der Waals surface area (Å²) in [4.78, 5) is 5.35. The average Bonchev–Trinajstić information content (AvgIpc) is 2.90.